The number of ketones is 1. The number of aliphatic carboxylic acids is 1. The highest BCUT2D eigenvalue weighted by atomic mass is 16.4. The summed E-state index contributed by atoms with van der Waals surface area (Å²) in [5.74, 6) is -1.83. The Morgan fingerprint density at radius 2 is 0.966 bits per heavy atom. The lowest BCUT2D eigenvalue weighted by atomic mass is 9.84. The van der Waals surface area contributed by atoms with Gasteiger partial charge in [-0.25, -0.2) is 4.79 Å². The van der Waals surface area contributed by atoms with Crippen molar-refractivity contribution in [3.63, 3.8) is 0 Å². The molecule has 0 aliphatic heterocycles. The molecule has 0 aliphatic rings. The first kappa shape index (κ1) is 28.1. The highest BCUT2D eigenvalue weighted by Gasteiger charge is 2.41. The molecule has 2 atom stereocenters. The Morgan fingerprint density at radius 3 is 1.31 bits per heavy atom. The molecule has 0 aliphatic carbocycles. The van der Waals surface area contributed by atoms with Gasteiger partial charge >= 0.3 is 5.97 Å². The monoisotopic (exact) mass is 414 g/mol. The van der Waals surface area contributed by atoms with Gasteiger partial charge in [0.05, 0.1) is 0 Å². The van der Waals surface area contributed by atoms with Crippen LogP contribution in [0.2, 0.25) is 0 Å². The van der Waals surface area contributed by atoms with E-state index in [0.29, 0.717) is 6.42 Å². The first-order valence-corrected chi connectivity index (χ1v) is 11.8. The predicted octanol–water partition coefficient (Wildman–Crippen LogP) is 5.79. The van der Waals surface area contributed by atoms with Crippen molar-refractivity contribution in [3.8, 4) is 0 Å². The van der Waals surface area contributed by atoms with E-state index >= 15 is 0 Å². The Hall–Kier alpha value is -0.940. The van der Waals surface area contributed by atoms with Gasteiger partial charge in [0.1, 0.15) is 5.60 Å². The minimum Gasteiger partial charge on any atom is -0.479 e. The standard InChI is InChI=1S/C24H46O5/c1-4-5-6-7-8-9-10-11-12-13-14-15-16-17-18-19-21(25)23(2,28)20-24(3,29)22(26)27/h28-29H,4-20H2,1-3H3,(H,26,27). The van der Waals surface area contributed by atoms with Crippen molar-refractivity contribution in [1.29, 1.82) is 0 Å². The number of hydrogen-bond donors (Lipinski definition) is 3. The Balaban J connectivity index is 3.58. The molecule has 0 rings (SSSR count). The number of rotatable bonds is 20. The van der Waals surface area contributed by atoms with Crippen LogP contribution in [-0.4, -0.2) is 38.3 Å². The average Bonchev–Trinajstić information content (AvgIpc) is 2.63. The number of unbranched alkanes of at least 4 members (excludes halogenated alkanes) is 14. The summed E-state index contributed by atoms with van der Waals surface area (Å²) in [4.78, 5) is 23.1. The highest BCUT2D eigenvalue weighted by molar-refractivity contribution is 5.88. The second kappa shape index (κ2) is 15.8. The van der Waals surface area contributed by atoms with Gasteiger partial charge in [0.25, 0.3) is 0 Å². The molecule has 0 saturated carbocycles. The number of carbonyl (C=O) groups is 2. The van der Waals surface area contributed by atoms with Crippen LogP contribution < -0.4 is 0 Å². The SMILES string of the molecule is CCCCCCCCCCCCCCCCCC(=O)C(C)(O)CC(C)(O)C(=O)O. The topological polar surface area (TPSA) is 94.8 Å². The second-order valence-electron chi connectivity index (χ2n) is 9.15. The van der Waals surface area contributed by atoms with Crippen molar-refractivity contribution in [1.82, 2.24) is 0 Å². The quantitative estimate of drug-likeness (QED) is 0.219. The number of carbonyl (C=O) groups excluding carboxylic acids is 1. The molecule has 2 unspecified atom stereocenters. The van der Waals surface area contributed by atoms with Crippen molar-refractivity contribution < 1.29 is 24.9 Å². The third-order valence-corrected chi connectivity index (χ3v) is 5.76. The lowest BCUT2D eigenvalue weighted by Gasteiger charge is -2.28. The van der Waals surface area contributed by atoms with Gasteiger partial charge in [0, 0.05) is 12.8 Å². The minimum absolute atomic E-state index is 0.223. The summed E-state index contributed by atoms with van der Waals surface area (Å²) in [5, 5.41) is 28.9. The molecule has 5 nitrogen and oxygen atoms in total. The average molecular weight is 415 g/mol. The third kappa shape index (κ3) is 14.6. The fourth-order valence-corrected chi connectivity index (χ4v) is 3.77. The first-order chi connectivity index (χ1) is 13.6. The Kier molecular flexibility index (Phi) is 15.3. The number of carboxylic acid groups (broad SMARTS) is 1. The van der Waals surface area contributed by atoms with E-state index in [1.54, 1.807) is 0 Å². The van der Waals surface area contributed by atoms with Crippen molar-refractivity contribution in [2.45, 2.75) is 141 Å². The second-order valence-corrected chi connectivity index (χ2v) is 9.15. The van der Waals surface area contributed by atoms with Gasteiger partial charge in [-0.1, -0.05) is 96.8 Å². The molecular weight excluding hydrogens is 368 g/mol. The van der Waals surface area contributed by atoms with E-state index in [9.17, 15) is 19.8 Å². The van der Waals surface area contributed by atoms with Crippen LogP contribution in [0.1, 0.15) is 130 Å². The van der Waals surface area contributed by atoms with Crippen molar-refractivity contribution in [2.75, 3.05) is 0 Å². The Bertz CT molecular complexity index is 443. The lowest BCUT2D eigenvalue weighted by Crippen LogP contribution is -2.47. The van der Waals surface area contributed by atoms with Crippen LogP contribution in [-0.2, 0) is 9.59 Å². The molecule has 0 aromatic heterocycles. The summed E-state index contributed by atoms with van der Waals surface area (Å²) in [6.45, 7) is 4.64. The van der Waals surface area contributed by atoms with Gasteiger partial charge < -0.3 is 15.3 Å². The Labute approximate surface area is 178 Å². The molecule has 172 valence electrons. The summed E-state index contributed by atoms with van der Waals surface area (Å²) in [6, 6.07) is 0. The van der Waals surface area contributed by atoms with E-state index < -0.39 is 29.4 Å². The molecule has 0 bridgehead atoms. The maximum atomic E-state index is 12.1. The van der Waals surface area contributed by atoms with Gasteiger partial charge in [-0.2, -0.15) is 0 Å². The fourth-order valence-electron chi connectivity index (χ4n) is 3.77. The van der Waals surface area contributed by atoms with E-state index in [1.165, 1.54) is 84.0 Å². The van der Waals surface area contributed by atoms with E-state index in [1.807, 2.05) is 0 Å². The number of carboxylic acids is 1. The largest absolute Gasteiger partial charge is 0.479 e. The third-order valence-electron chi connectivity index (χ3n) is 5.76. The minimum atomic E-state index is -2.10. The summed E-state index contributed by atoms with van der Waals surface area (Å²) in [6.07, 6.45) is 18.4. The van der Waals surface area contributed by atoms with Gasteiger partial charge in [-0.3, -0.25) is 4.79 Å². The summed E-state index contributed by atoms with van der Waals surface area (Å²) < 4.78 is 0. The predicted molar refractivity (Wildman–Crippen MR) is 118 cm³/mol. The van der Waals surface area contributed by atoms with E-state index in [0.717, 1.165) is 19.8 Å². The molecule has 0 aromatic carbocycles. The summed E-state index contributed by atoms with van der Waals surface area (Å²) >= 11 is 0. The van der Waals surface area contributed by atoms with Crippen LogP contribution >= 0.6 is 0 Å². The summed E-state index contributed by atoms with van der Waals surface area (Å²) in [7, 11) is 0. The van der Waals surface area contributed by atoms with Crippen LogP contribution in [0.15, 0.2) is 0 Å². The maximum absolute atomic E-state index is 12.1. The van der Waals surface area contributed by atoms with Gasteiger partial charge in [-0.05, 0) is 20.3 Å². The molecule has 29 heavy (non-hydrogen) atoms. The first-order valence-electron chi connectivity index (χ1n) is 11.8. The molecule has 0 spiro atoms. The van der Waals surface area contributed by atoms with E-state index in [4.69, 9.17) is 5.11 Å². The summed E-state index contributed by atoms with van der Waals surface area (Å²) in [5.41, 5.74) is -3.91. The fraction of sp³-hybridized carbons (Fsp3) is 0.917. The van der Waals surface area contributed by atoms with Crippen LogP contribution in [0.4, 0.5) is 0 Å². The van der Waals surface area contributed by atoms with Gasteiger partial charge in [0.2, 0.25) is 0 Å². The molecule has 0 heterocycles. The van der Waals surface area contributed by atoms with Crippen LogP contribution in [0, 0.1) is 0 Å². The van der Waals surface area contributed by atoms with Crippen molar-refractivity contribution >= 4 is 11.8 Å². The van der Waals surface area contributed by atoms with Crippen LogP contribution in [0.25, 0.3) is 0 Å². The zero-order valence-electron chi connectivity index (χ0n) is 19.2. The maximum Gasteiger partial charge on any atom is 0.335 e. The zero-order chi connectivity index (χ0) is 22.2. The molecule has 0 radical (unpaired) electrons. The number of hydrogen-bond acceptors (Lipinski definition) is 4. The number of aliphatic hydroxyl groups is 2. The highest BCUT2D eigenvalue weighted by Crippen LogP contribution is 2.24. The normalized spacial score (nSPS) is 15.6. The van der Waals surface area contributed by atoms with Crippen LogP contribution in [0.3, 0.4) is 0 Å². The molecule has 0 aromatic rings. The van der Waals surface area contributed by atoms with Crippen molar-refractivity contribution in [2.24, 2.45) is 0 Å². The molecule has 0 fully saturated rings. The van der Waals surface area contributed by atoms with Crippen molar-refractivity contribution in [3.05, 3.63) is 0 Å². The van der Waals surface area contributed by atoms with E-state index in [-0.39, 0.29) is 6.42 Å². The smallest absolute Gasteiger partial charge is 0.335 e. The van der Waals surface area contributed by atoms with Gasteiger partial charge in [0.15, 0.2) is 11.4 Å². The molecule has 3 N–H and O–H groups in total. The molecule has 0 saturated heterocycles. The Morgan fingerprint density at radius 1 is 0.621 bits per heavy atom. The molecular formula is C24H46O5. The zero-order valence-corrected chi connectivity index (χ0v) is 19.2. The number of Topliss-reactive ketones (excluding diaryl/α,β-unsaturated/α-hetero) is 1. The van der Waals surface area contributed by atoms with Gasteiger partial charge in [-0.15, -0.1) is 0 Å². The van der Waals surface area contributed by atoms with Crippen LogP contribution in [0.5, 0.6) is 0 Å². The molecule has 5 heteroatoms. The van der Waals surface area contributed by atoms with E-state index in [2.05, 4.69) is 6.92 Å². The lowest BCUT2D eigenvalue weighted by molar-refractivity contribution is -0.165. The molecule has 0 amide bonds.